The monoisotopic (exact) mass is 299 g/mol. The number of fused-ring (bicyclic) bond motifs is 1. The molecule has 1 unspecified atom stereocenters. The summed E-state index contributed by atoms with van der Waals surface area (Å²) < 4.78 is 28.2. The van der Waals surface area contributed by atoms with Crippen LogP contribution in [0.4, 0.5) is 5.69 Å². The quantitative estimate of drug-likeness (QED) is 0.885. The highest BCUT2D eigenvalue weighted by Crippen LogP contribution is 2.43. The molecule has 1 aromatic rings. The second kappa shape index (κ2) is 5.26. The van der Waals surface area contributed by atoms with E-state index in [1.807, 2.05) is 32.0 Å². The maximum Gasteiger partial charge on any atom is 0.149 e. The van der Waals surface area contributed by atoms with E-state index >= 15 is 0 Å². The second-order valence-corrected chi connectivity index (χ2v) is 8.12. The Bertz CT molecular complexity index is 595. The first-order valence-corrected chi connectivity index (χ1v) is 8.66. The topological polar surface area (TPSA) is 75.6 Å². The summed E-state index contributed by atoms with van der Waals surface area (Å²) in [6.07, 6.45) is 1.18. The Hall–Kier alpha value is -1.27. The van der Waals surface area contributed by atoms with Crippen LogP contribution >= 0.6 is 0 Å². The fourth-order valence-electron chi connectivity index (χ4n) is 2.34. The minimum Gasteiger partial charge on any atom is -0.485 e. The second-order valence-electron chi connectivity index (χ2n) is 5.86. The number of hydrogen-bond donors (Lipinski definition) is 2. The molecule has 0 fully saturated rings. The number of ether oxygens (including phenoxy) is 1. The van der Waals surface area contributed by atoms with E-state index in [0.29, 0.717) is 18.7 Å². The fraction of sp³-hybridized carbons (Fsp3) is 0.571. The molecular weight excluding hydrogens is 278 g/mol. The number of aliphatic hydroxyl groups excluding tert-OH is 1. The van der Waals surface area contributed by atoms with Gasteiger partial charge in [0.1, 0.15) is 21.2 Å². The van der Waals surface area contributed by atoms with Crippen LogP contribution in [0, 0.1) is 0 Å². The predicted molar refractivity (Wildman–Crippen MR) is 78.9 cm³/mol. The maximum absolute atomic E-state index is 11.2. The van der Waals surface area contributed by atoms with Gasteiger partial charge in [0.25, 0.3) is 0 Å². The number of anilines is 1. The molecule has 20 heavy (non-hydrogen) atoms. The van der Waals surface area contributed by atoms with Gasteiger partial charge < -0.3 is 15.2 Å². The van der Waals surface area contributed by atoms with Crippen molar-refractivity contribution in [3.63, 3.8) is 0 Å². The number of para-hydroxylation sites is 1. The molecule has 0 aromatic heterocycles. The molecule has 1 heterocycles. The third kappa shape index (κ3) is 3.64. The molecule has 0 radical (unpaired) electrons. The SMILES string of the molecule is CC1(C)CC(O)c2cccc(NCCS(C)(=O)=O)c2O1. The molecule has 2 N–H and O–H groups in total. The van der Waals surface area contributed by atoms with Crippen LogP contribution in [0.25, 0.3) is 0 Å². The number of nitrogens with one attached hydrogen (secondary N) is 1. The van der Waals surface area contributed by atoms with E-state index in [-0.39, 0.29) is 5.75 Å². The zero-order valence-electron chi connectivity index (χ0n) is 12.0. The molecular formula is C14H21NO4S. The summed E-state index contributed by atoms with van der Waals surface area (Å²) in [7, 11) is -3.00. The Morgan fingerprint density at radius 2 is 2.15 bits per heavy atom. The number of sulfone groups is 1. The van der Waals surface area contributed by atoms with Crippen LogP contribution in [0.15, 0.2) is 18.2 Å². The van der Waals surface area contributed by atoms with Crippen molar-refractivity contribution in [1.82, 2.24) is 0 Å². The van der Waals surface area contributed by atoms with Gasteiger partial charge in [-0.25, -0.2) is 8.42 Å². The van der Waals surface area contributed by atoms with Gasteiger partial charge in [0.05, 0.1) is 17.5 Å². The van der Waals surface area contributed by atoms with Crippen LogP contribution in [0.3, 0.4) is 0 Å². The molecule has 2 rings (SSSR count). The summed E-state index contributed by atoms with van der Waals surface area (Å²) in [6.45, 7) is 4.16. The molecule has 1 aliphatic heterocycles. The maximum atomic E-state index is 11.2. The molecule has 0 saturated carbocycles. The third-order valence-electron chi connectivity index (χ3n) is 3.26. The van der Waals surface area contributed by atoms with Crippen molar-refractivity contribution in [2.75, 3.05) is 23.9 Å². The van der Waals surface area contributed by atoms with E-state index in [2.05, 4.69) is 5.32 Å². The highest BCUT2D eigenvalue weighted by Gasteiger charge is 2.33. The van der Waals surface area contributed by atoms with E-state index in [1.54, 1.807) is 0 Å². The van der Waals surface area contributed by atoms with E-state index in [0.717, 1.165) is 11.3 Å². The van der Waals surface area contributed by atoms with Crippen molar-refractivity contribution in [2.24, 2.45) is 0 Å². The van der Waals surface area contributed by atoms with Gasteiger partial charge in [0.2, 0.25) is 0 Å². The van der Waals surface area contributed by atoms with E-state index in [9.17, 15) is 13.5 Å². The van der Waals surface area contributed by atoms with Crippen molar-refractivity contribution < 1.29 is 18.3 Å². The van der Waals surface area contributed by atoms with Crippen LogP contribution in [0.2, 0.25) is 0 Å². The zero-order chi connectivity index (χ0) is 15.0. The molecule has 112 valence electrons. The van der Waals surface area contributed by atoms with E-state index < -0.39 is 21.5 Å². The predicted octanol–water partition coefficient (Wildman–Crippen LogP) is 1.74. The highest BCUT2D eigenvalue weighted by atomic mass is 32.2. The summed E-state index contributed by atoms with van der Waals surface area (Å²) >= 11 is 0. The Morgan fingerprint density at radius 1 is 1.45 bits per heavy atom. The van der Waals surface area contributed by atoms with Gasteiger partial charge in [-0.05, 0) is 19.9 Å². The van der Waals surface area contributed by atoms with E-state index in [1.165, 1.54) is 6.26 Å². The number of hydrogen-bond acceptors (Lipinski definition) is 5. The van der Waals surface area contributed by atoms with Crippen LogP contribution in [0.5, 0.6) is 5.75 Å². The van der Waals surface area contributed by atoms with Crippen molar-refractivity contribution in [1.29, 1.82) is 0 Å². The summed E-state index contributed by atoms with van der Waals surface area (Å²) in [5, 5.41) is 13.2. The van der Waals surface area contributed by atoms with Gasteiger partial charge >= 0.3 is 0 Å². The smallest absolute Gasteiger partial charge is 0.149 e. The molecule has 1 atom stereocenters. The van der Waals surface area contributed by atoms with Crippen molar-refractivity contribution in [3.05, 3.63) is 23.8 Å². The highest BCUT2D eigenvalue weighted by molar-refractivity contribution is 7.90. The van der Waals surface area contributed by atoms with Crippen LogP contribution in [-0.4, -0.2) is 37.7 Å². The largest absolute Gasteiger partial charge is 0.485 e. The standard InChI is InChI=1S/C14H21NO4S/c1-14(2)9-12(16)10-5-4-6-11(13(10)19-14)15-7-8-20(3,17)18/h4-6,12,15-16H,7-9H2,1-3H3. The lowest BCUT2D eigenvalue weighted by molar-refractivity contribution is 0.0122. The minimum atomic E-state index is -3.00. The minimum absolute atomic E-state index is 0.0581. The molecule has 0 bridgehead atoms. The van der Waals surface area contributed by atoms with Crippen LogP contribution < -0.4 is 10.1 Å². The molecule has 1 aliphatic rings. The first kappa shape index (κ1) is 15.1. The Morgan fingerprint density at radius 3 is 2.80 bits per heavy atom. The summed E-state index contributed by atoms with van der Waals surface area (Å²) in [5.41, 5.74) is 1.02. The number of aliphatic hydroxyl groups is 1. The first-order chi connectivity index (χ1) is 9.18. The van der Waals surface area contributed by atoms with Gasteiger partial charge in [0.15, 0.2) is 0 Å². The molecule has 5 nitrogen and oxygen atoms in total. The summed E-state index contributed by atoms with van der Waals surface area (Å²) in [4.78, 5) is 0. The Balaban J connectivity index is 2.21. The number of rotatable bonds is 4. The Labute approximate surface area is 119 Å². The van der Waals surface area contributed by atoms with Crippen molar-refractivity contribution in [2.45, 2.75) is 32.0 Å². The lowest BCUT2D eigenvalue weighted by atomic mass is 9.91. The zero-order valence-corrected chi connectivity index (χ0v) is 12.8. The molecule has 0 spiro atoms. The first-order valence-electron chi connectivity index (χ1n) is 6.59. The Kier molecular flexibility index (Phi) is 3.97. The normalized spacial score (nSPS) is 20.9. The van der Waals surface area contributed by atoms with Gasteiger partial charge in [-0.1, -0.05) is 12.1 Å². The van der Waals surface area contributed by atoms with Crippen molar-refractivity contribution >= 4 is 15.5 Å². The van der Waals surface area contributed by atoms with Crippen molar-refractivity contribution in [3.8, 4) is 5.75 Å². The molecule has 6 heteroatoms. The van der Waals surface area contributed by atoms with Gasteiger partial charge in [-0.2, -0.15) is 0 Å². The lowest BCUT2D eigenvalue weighted by Gasteiger charge is -2.36. The van der Waals surface area contributed by atoms with Crippen LogP contribution in [-0.2, 0) is 9.84 Å². The van der Waals surface area contributed by atoms with Gasteiger partial charge in [-0.15, -0.1) is 0 Å². The molecule has 0 amide bonds. The molecule has 0 saturated heterocycles. The van der Waals surface area contributed by atoms with Crippen LogP contribution in [0.1, 0.15) is 31.9 Å². The average Bonchev–Trinajstić information content (AvgIpc) is 2.27. The lowest BCUT2D eigenvalue weighted by Crippen LogP contribution is -2.35. The molecule has 0 aliphatic carbocycles. The third-order valence-corrected chi connectivity index (χ3v) is 4.20. The summed E-state index contributed by atoms with van der Waals surface area (Å²) in [5.74, 6) is 0.674. The number of benzene rings is 1. The average molecular weight is 299 g/mol. The van der Waals surface area contributed by atoms with E-state index in [4.69, 9.17) is 4.74 Å². The molecule has 1 aromatic carbocycles. The van der Waals surface area contributed by atoms with Gasteiger partial charge in [-0.3, -0.25) is 0 Å². The fourth-order valence-corrected chi connectivity index (χ4v) is 2.81. The summed E-state index contributed by atoms with van der Waals surface area (Å²) in [6, 6.07) is 5.48. The van der Waals surface area contributed by atoms with Gasteiger partial charge in [0, 0.05) is 24.8 Å².